The van der Waals surface area contributed by atoms with E-state index in [1.165, 1.54) is 0 Å². The number of carbonyl (C=O) groups is 3. The summed E-state index contributed by atoms with van der Waals surface area (Å²) in [7, 11) is 0. The highest BCUT2D eigenvalue weighted by molar-refractivity contribution is 6.00. The first-order chi connectivity index (χ1) is 15.9. The van der Waals surface area contributed by atoms with Crippen LogP contribution in [0.1, 0.15) is 34.8 Å². The third kappa shape index (κ3) is 6.55. The van der Waals surface area contributed by atoms with E-state index in [4.69, 9.17) is 4.74 Å². The molecule has 8 heteroatoms. The van der Waals surface area contributed by atoms with Crippen LogP contribution in [0.15, 0.2) is 42.5 Å². The van der Waals surface area contributed by atoms with Crippen LogP contribution in [-0.4, -0.2) is 67.0 Å². The Labute approximate surface area is 194 Å². The molecule has 2 aromatic rings. The summed E-state index contributed by atoms with van der Waals surface area (Å²) < 4.78 is 5.08. The maximum atomic E-state index is 12.9. The Morgan fingerprint density at radius 2 is 1.64 bits per heavy atom. The Hall–Kier alpha value is -3.39. The van der Waals surface area contributed by atoms with Gasteiger partial charge in [-0.1, -0.05) is 30.3 Å². The Kier molecular flexibility index (Phi) is 8.43. The van der Waals surface area contributed by atoms with Gasteiger partial charge in [-0.2, -0.15) is 0 Å². The molecule has 1 fully saturated rings. The van der Waals surface area contributed by atoms with Gasteiger partial charge in [-0.25, -0.2) is 9.59 Å². The molecule has 3 amide bonds. The van der Waals surface area contributed by atoms with Gasteiger partial charge in [0.1, 0.15) is 0 Å². The van der Waals surface area contributed by atoms with Gasteiger partial charge in [0.05, 0.1) is 24.4 Å². The quantitative estimate of drug-likeness (QED) is 0.653. The van der Waals surface area contributed by atoms with E-state index in [1.54, 1.807) is 36.1 Å². The predicted octanol–water partition coefficient (Wildman–Crippen LogP) is 3.66. The largest absolute Gasteiger partial charge is 0.462 e. The summed E-state index contributed by atoms with van der Waals surface area (Å²) in [6.07, 6.45) is 0.754. The van der Waals surface area contributed by atoms with Crippen molar-refractivity contribution in [1.29, 1.82) is 0 Å². The van der Waals surface area contributed by atoms with Crippen molar-refractivity contribution in [3.63, 3.8) is 0 Å². The maximum absolute atomic E-state index is 12.9. The summed E-state index contributed by atoms with van der Waals surface area (Å²) in [5.74, 6) is -0.529. The van der Waals surface area contributed by atoms with Gasteiger partial charge in [0.25, 0.3) is 0 Å². The van der Waals surface area contributed by atoms with Crippen LogP contribution in [0.4, 0.5) is 16.2 Å². The van der Waals surface area contributed by atoms with E-state index in [9.17, 15) is 14.4 Å². The second kappa shape index (κ2) is 11.5. The Morgan fingerprint density at radius 3 is 2.36 bits per heavy atom. The molecule has 33 heavy (non-hydrogen) atoms. The molecule has 2 aromatic carbocycles. The Balaban J connectivity index is 1.55. The lowest BCUT2D eigenvalue weighted by Gasteiger charge is -2.23. The third-order valence-corrected chi connectivity index (χ3v) is 5.65. The average Bonchev–Trinajstić information content (AvgIpc) is 3.02. The van der Waals surface area contributed by atoms with Crippen LogP contribution >= 0.6 is 0 Å². The molecule has 2 N–H and O–H groups in total. The summed E-state index contributed by atoms with van der Waals surface area (Å²) in [5, 5.41) is 5.86. The molecule has 1 aliphatic rings. The van der Waals surface area contributed by atoms with E-state index >= 15 is 0 Å². The van der Waals surface area contributed by atoms with Gasteiger partial charge in [-0.15, -0.1) is 0 Å². The zero-order valence-electron chi connectivity index (χ0n) is 19.5. The van der Waals surface area contributed by atoms with Gasteiger partial charge in [0.2, 0.25) is 5.91 Å². The molecule has 8 nitrogen and oxygen atoms in total. The highest BCUT2D eigenvalue weighted by Crippen LogP contribution is 2.20. The van der Waals surface area contributed by atoms with Crippen LogP contribution < -0.4 is 10.6 Å². The van der Waals surface area contributed by atoms with Crippen LogP contribution in [0.25, 0.3) is 0 Å². The predicted molar refractivity (Wildman–Crippen MR) is 129 cm³/mol. The van der Waals surface area contributed by atoms with Crippen molar-refractivity contribution in [2.75, 3.05) is 50.0 Å². The van der Waals surface area contributed by atoms with Crippen molar-refractivity contribution >= 4 is 29.3 Å². The summed E-state index contributed by atoms with van der Waals surface area (Å²) >= 11 is 0. The zero-order chi connectivity index (χ0) is 23.8. The number of carbonyl (C=O) groups excluding carboxylic acids is 3. The molecule has 0 unspecified atom stereocenters. The van der Waals surface area contributed by atoms with Crippen LogP contribution in [0.5, 0.6) is 0 Å². The normalized spacial score (nSPS) is 14.3. The molecule has 0 radical (unpaired) electrons. The van der Waals surface area contributed by atoms with Crippen molar-refractivity contribution in [3.05, 3.63) is 59.2 Å². The fourth-order valence-electron chi connectivity index (χ4n) is 3.90. The average molecular weight is 453 g/mol. The molecule has 0 spiro atoms. The highest BCUT2D eigenvalue weighted by atomic mass is 16.5. The van der Waals surface area contributed by atoms with E-state index in [1.807, 2.05) is 32.0 Å². The third-order valence-electron chi connectivity index (χ3n) is 5.65. The number of urea groups is 1. The second-order valence-corrected chi connectivity index (χ2v) is 8.13. The number of hydrogen-bond acceptors (Lipinski definition) is 5. The first-order valence-electron chi connectivity index (χ1n) is 11.3. The van der Waals surface area contributed by atoms with E-state index < -0.39 is 5.97 Å². The van der Waals surface area contributed by atoms with Crippen molar-refractivity contribution in [1.82, 2.24) is 9.80 Å². The standard InChI is InChI=1S/C25H32N4O4/c1-4-33-24(31)20-11-5-6-12-21(20)26-25(32)29-14-8-13-28(15-16-29)17-22(30)27-23-18(2)9-7-10-19(23)3/h5-7,9-12H,4,8,13-17H2,1-3H3,(H,26,32)(H,27,30). The first-order valence-corrected chi connectivity index (χ1v) is 11.3. The number of anilines is 2. The topological polar surface area (TPSA) is 91.0 Å². The number of esters is 1. The molecule has 0 saturated carbocycles. The molecule has 0 atom stereocenters. The molecule has 0 aromatic heterocycles. The summed E-state index contributed by atoms with van der Waals surface area (Å²) in [6.45, 7) is 8.61. The molecular weight excluding hydrogens is 420 g/mol. The maximum Gasteiger partial charge on any atom is 0.340 e. The first kappa shape index (κ1) is 24.3. The van der Waals surface area contributed by atoms with Gasteiger partial charge in [0.15, 0.2) is 0 Å². The lowest BCUT2D eigenvalue weighted by atomic mass is 10.1. The number of rotatable bonds is 6. The number of benzene rings is 2. The van der Waals surface area contributed by atoms with Gasteiger partial charge in [-0.3, -0.25) is 9.69 Å². The minimum absolute atomic E-state index is 0.0614. The molecular formula is C25H32N4O4. The lowest BCUT2D eigenvalue weighted by molar-refractivity contribution is -0.117. The molecule has 176 valence electrons. The van der Waals surface area contributed by atoms with Gasteiger partial charge in [-0.05, 0) is 50.5 Å². The van der Waals surface area contributed by atoms with Gasteiger partial charge in [0, 0.05) is 31.9 Å². The second-order valence-electron chi connectivity index (χ2n) is 8.13. The summed E-state index contributed by atoms with van der Waals surface area (Å²) in [4.78, 5) is 41.4. The van der Waals surface area contributed by atoms with Crippen LogP contribution in [0.3, 0.4) is 0 Å². The molecule has 0 aliphatic carbocycles. The number of amides is 3. The summed E-state index contributed by atoms with van der Waals surface area (Å²) in [5.41, 5.74) is 3.68. The van der Waals surface area contributed by atoms with E-state index in [-0.39, 0.29) is 25.1 Å². The highest BCUT2D eigenvalue weighted by Gasteiger charge is 2.22. The fraction of sp³-hybridized carbons (Fsp3) is 0.400. The van der Waals surface area contributed by atoms with Gasteiger partial charge < -0.3 is 20.3 Å². The number of nitrogens with one attached hydrogen (secondary N) is 2. The van der Waals surface area contributed by atoms with Crippen LogP contribution in [0.2, 0.25) is 0 Å². The van der Waals surface area contributed by atoms with Crippen molar-refractivity contribution in [2.24, 2.45) is 0 Å². The summed E-state index contributed by atoms with van der Waals surface area (Å²) in [6, 6.07) is 12.5. The smallest absolute Gasteiger partial charge is 0.340 e. The minimum atomic E-state index is -0.467. The number of ether oxygens (including phenoxy) is 1. The number of hydrogen-bond donors (Lipinski definition) is 2. The van der Waals surface area contributed by atoms with Gasteiger partial charge >= 0.3 is 12.0 Å². The van der Waals surface area contributed by atoms with E-state index in [0.717, 1.165) is 29.8 Å². The number of nitrogens with zero attached hydrogens (tertiary/aromatic N) is 2. The molecule has 1 heterocycles. The Bertz CT molecular complexity index is 987. The SMILES string of the molecule is CCOC(=O)c1ccccc1NC(=O)N1CCCN(CC(=O)Nc2c(C)cccc2C)CC1. The molecule has 1 saturated heterocycles. The van der Waals surface area contributed by atoms with E-state index in [0.29, 0.717) is 30.9 Å². The zero-order valence-corrected chi connectivity index (χ0v) is 19.5. The number of para-hydroxylation sites is 2. The molecule has 0 bridgehead atoms. The monoisotopic (exact) mass is 452 g/mol. The Morgan fingerprint density at radius 1 is 0.909 bits per heavy atom. The van der Waals surface area contributed by atoms with Crippen molar-refractivity contribution in [2.45, 2.75) is 27.2 Å². The van der Waals surface area contributed by atoms with Crippen LogP contribution in [0, 0.1) is 13.8 Å². The van der Waals surface area contributed by atoms with Crippen molar-refractivity contribution < 1.29 is 19.1 Å². The minimum Gasteiger partial charge on any atom is -0.462 e. The van der Waals surface area contributed by atoms with Crippen molar-refractivity contribution in [3.8, 4) is 0 Å². The van der Waals surface area contributed by atoms with E-state index in [2.05, 4.69) is 15.5 Å². The fourth-order valence-corrected chi connectivity index (χ4v) is 3.90. The number of aryl methyl sites for hydroxylation is 2. The molecule has 3 rings (SSSR count). The molecule has 1 aliphatic heterocycles. The lowest BCUT2D eigenvalue weighted by Crippen LogP contribution is -2.39. The van der Waals surface area contributed by atoms with Crippen LogP contribution in [-0.2, 0) is 9.53 Å².